The van der Waals surface area contributed by atoms with Crippen LogP contribution in [-0.4, -0.2) is 51.5 Å². The molecule has 0 unspecified atom stereocenters. The van der Waals surface area contributed by atoms with Crippen LogP contribution in [-0.2, 0) is 4.84 Å². The van der Waals surface area contributed by atoms with Crippen LogP contribution in [0.15, 0.2) is 24.3 Å². The van der Waals surface area contributed by atoms with Gasteiger partial charge in [-0.2, -0.15) is 10.2 Å². The molecule has 2 aromatic rings. The van der Waals surface area contributed by atoms with E-state index in [4.69, 9.17) is 25.7 Å². The molecule has 2 rings (SSSR count). The van der Waals surface area contributed by atoms with Crippen LogP contribution in [0.5, 0.6) is 5.88 Å². The molecule has 29 heavy (non-hydrogen) atoms. The Balaban J connectivity index is 2.36. The molecule has 0 aliphatic carbocycles. The molecule has 0 aliphatic rings. The first kappa shape index (κ1) is 22.0. The van der Waals surface area contributed by atoms with E-state index in [1.54, 1.807) is 24.3 Å². The number of aromatic nitrogens is 2. The number of ether oxygens (including phenoxy) is 1. The van der Waals surface area contributed by atoms with Gasteiger partial charge in [0.2, 0.25) is 5.88 Å². The summed E-state index contributed by atoms with van der Waals surface area (Å²) in [6.45, 7) is 2.87. The van der Waals surface area contributed by atoms with Gasteiger partial charge in [-0.15, -0.1) is 0 Å². The van der Waals surface area contributed by atoms with E-state index in [0.717, 1.165) is 0 Å². The lowest BCUT2D eigenvalue weighted by atomic mass is 10.1. The van der Waals surface area contributed by atoms with E-state index in [1.807, 2.05) is 6.07 Å². The van der Waals surface area contributed by atoms with Gasteiger partial charge in [0.25, 0.3) is 5.91 Å². The molecule has 1 aromatic carbocycles. The normalized spacial score (nSPS) is 11.0. The fourth-order valence-corrected chi connectivity index (χ4v) is 2.19. The molecule has 1 aromatic heterocycles. The molecule has 1 amide bonds. The second-order valence-electron chi connectivity index (χ2n) is 6.76. The number of nitrogens with two attached hydrogens (primary N) is 1. The van der Waals surface area contributed by atoms with Crippen molar-refractivity contribution in [1.29, 1.82) is 5.26 Å². The third kappa shape index (κ3) is 6.39. The summed E-state index contributed by atoms with van der Waals surface area (Å²) in [6.07, 6.45) is 0.319. The third-order valence-electron chi connectivity index (χ3n) is 3.51. The first-order chi connectivity index (χ1) is 13.7. The number of benzene rings is 1. The lowest BCUT2D eigenvalue weighted by Crippen LogP contribution is -2.34. The van der Waals surface area contributed by atoms with Gasteiger partial charge in [-0.3, -0.25) is 9.63 Å². The van der Waals surface area contributed by atoms with E-state index < -0.39 is 11.5 Å². The Morgan fingerprint density at radius 1 is 1.38 bits per heavy atom. The highest BCUT2D eigenvalue weighted by atomic mass is 16.7. The molecule has 0 fully saturated rings. The zero-order valence-corrected chi connectivity index (χ0v) is 16.2. The van der Waals surface area contributed by atoms with Crippen LogP contribution < -0.4 is 16.0 Å². The number of carbonyl (C=O) groups is 1. The molecule has 0 bridgehead atoms. The van der Waals surface area contributed by atoms with Gasteiger partial charge in [0.05, 0.1) is 23.8 Å². The number of carbonyl (C=O) groups excluding carboxylic acids is 1. The van der Waals surface area contributed by atoms with E-state index in [2.05, 4.69) is 15.4 Å². The van der Waals surface area contributed by atoms with Crippen molar-refractivity contribution >= 4 is 11.7 Å². The number of nitrogens with zero attached hydrogens (tertiary/aromatic N) is 3. The SMILES string of the molecule is CC(C)(O)CONC(=O)c1c(N)nc(-c2cccc(C#N)c2)nc1OCCCO. The minimum absolute atomic E-state index is 0.0901. The topological polar surface area (TPSA) is 164 Å². The predicted molar refractivity (Wildman–Crippen MR) is 104 cm³/mol. The van der Waals surface area contributed by atoms with Crippen LogP contribution in [0.3, 0.4) is 0 Å². The molecular formula is C19H23N5O5. The molecule has 10 nitrogen and oxygen atoms in total. The number of aliphatic hydroxyl groups is 2. The maximum Gasteiger partial charge on any atom is 0.284 e. The number of hydrogen-bond acceptors (Lipinski definition) is 9. The number of nitriles is 1. The summed E-state index contributed by atoms with van der Waals surface area (Å²) < 4.78 is 5.52. The van der Waals surface area contributed by atoms with Crippen LogP contribution >= 0.6 is 0 Å². The van der Waals surface area contributed by atoms with Crippen LogP contribution in [0, 0.1) is 11.3 Å². The van der Waals surface area contributed by atoms with Gasteiger partial charge in [-0.1, -0.05) is 12.1 Å². The second kappa shape index (κ2) is 9.79. The average molecular weight is 401 g/mol. The number of nitrogens with one attached hydrogen (secondary N) is 1. The molecule has 0 atom stereocenters. The van der Waals surface area contributed by atoms with Crippen molar-refractivity contribution in [3.05, 3.63) is 35.4 Å². The Labute approximate surface area is 167 Å². The maximum absolute atomic E-state index is 12.5. The second-order valence-corrected chi connectivity index (χ2v) is 6.76. The first-order valence-electron chi connectivity index (χ1n) is 8.81. The van der Waals surface area contributed by atoms with E-state index in [-0.39, 0.29) is 42.9 Å². The minimum Gasteiger partial charge on any atom is -0.477 e. The van der Waals surface area contributed by atoms with Crippen molar-refractivity contribution in [2.45, 2.75) is 25.9 Å². The Kier molecular flexibility index (Phi) is 7.44. The van der Waals surface area contributed by atoms with Gasteiger partial charge < -0.3 is 20.7 Å². The number of hydroxylamine groups is 1. The van der Waals surface area contributed by atoms with Gasteiger partial charge in [0.1, 0.15) is 18.0 Å². The van der Waals surface area contributed by atoms with Crippen LogP contribution in [0.4, 0.5) is 5.82 Å². The quantitative estimate of drug-likeness (QED) is 0.351. The Hall–Kier alpha value is -3.26. The molecule has 10 heteroatoms. The van der Waals surface area contributed by atoms with Crippen molar-refractivity contribution in [2.24, 2.45) is 0 Å². The Bertz CT molecular complexity index is 905. The van der Waals surface area contributed by atoms with Crippen molar-refractivity contribution in [1.82, 2.24) is 15.4 Å². The monoisotopic (exact) mass is 401 g/mol. The lowest BCUT2D eigenvalue weighted by molar-refractivity contribution is -0.0523. The molecule has 5 N–H and O–H groups in total. The number of amides is 1. The summed E-state index contributed by atoms with van der Waals surface area (Å²) in [4.78, 5) is 25.9. The van der Waals surface area contributed by atoms with Crippen LogP contribution in [0.2, 0.25) is 0 Å². The van der Waals surface area contributed by atoms with Crippen molar-refractivity contribution in [3.8, 4) is 23.3 Å². The molecule has 0 spiro atoms. The van der Waals surface area contributed by atoms with Gasteiger partial charge >= 0.3 is 0 Å². The Morgan fingerprint density at radius 2 is 2.14 bits per heavy atom. The molecule has 0 saturated heterocycles. The highest BCUT2D eigenvalue weighted by molar-refractivity contribution is 6.00. The number of rotatable bonds is 9. The molecule has 0 aliphatic heterocycles. The fourth-order valence-electron chi connectivity index (χ4n) is 2.19. The highest BCUT2D eigenvalue weighted by Crippen LogP contribution is 2.26. The zero-order chi connectivity index (χ0) is 21.4. The number of anilines is 1. The Morgan fingerprint density at radius 3 is 2.79 bits per heavy atom. The van der Waals surface area contributed by atoms with E-state index >= 15 is 0 Å². The van der Waals surface area contributed by atoms with E-state index in [1.165, 1.54) is 13.8 Å². The fraction of sp³-hybridized carbons (Fsp3) is 0.368. The summed E-state index contributed by atoms with van der Waals surface area (Å²) in [5.41, 5.74) is 7.80. The van der Waals surface area contributed by atoms with E-state index in [0.29, 0.717) is 17.5 Å². The average Bonchev–Trinajstić information content (AvgIpc) is 2.66. The molecule has 154 valence electrons. The van der Waals surface area contributed by atoms with Crippen molar-refractivity contribution < 1.29 is 24.6 Å². The molecule has 1 heterocycles. The minimum atomic E-state index is -1.15. The lowest BCUT2D eigenvalue weighted by Gasteiger charge is -2.17. The third-order valence-corrected chi connectivity index (χ3v) is 3.51. The number of nitrogen functional groups attached to an aromatic ring is 1. The molecule has 0 saturated carbocycles. The van der Waals surface area contributed by atoms with E-state index in [9.17, 15) is 9.90 Å². The standard InChI is InChI=1S/C19H23N5O5/c1-19(2,27)11-29-24-17(26)14-15(21)22-16(23-18(14)28-8-4-7-25)13-6-3-5-12(9-13)10-20/h3,5-6,9,25,27H,4,7-8,11H2,1-2H3,(H,24,26)(H2,21,22,23). The van der Waals surface area contributed by atoms with Gasteiger partial charge in [-0.05, 0) is 26.0 Å². The van der Waals surface area contributed by atoms with Crippen molar-refractivity contribution in [2.75, 3.05) is 25.6 Å². The summed E-state index contributed by atoms with van der Waals surface area (Å²) in [5, 5.41) is 27.7. The molecule has 0 radical (unpaired) electrons. The summed E-state index contributed by atoms with van der Waals surface area (Å²) in [5.74, 6) is -0.816. The van der Waals surface area contributed by atoms with Gasteiger partial charge in [-0.25, -0.2) is 10.5 Å². The summed E-state index contributed by atoms with van der Waals surface area (Å²) >= 11 is 0. The zero-order valence-electron chi connectivity index (χ0n) is 16.2. The van der Waals surface area contributed by atoms with Gasteiger partial charge in [0.15, 0.2) is 5.82 Å². The molecular weight excluding hydrogens is 378 g/mol. The maximum atomic E-state index is 12.5. The van der Waals surface area contributed by atoms with Crippen LogP contribution in [0.1, 0.15) is 36.2 Å². The van der Waals surface area contributed by atoms with Gasteiger partial charge in [0, 0.05) is 18.6 Å². The smallest absolute Gasteiger partial charge is 0.284 e. The first-order valence-corrected chi connectivity index (χ1v) is 8.81. The largest absolute Gasteiger partial charge is 0.477 e. The predicted octanol–water partition coefficient (Wildman–Crippen LogP) is 0.791. The van der Waals surface area contributed by atoms with Crippen LogP contribution in [0.25, 0.3) is 11.4 Å². The summed E-state index contributed by atoms with van der Waals surface area (Å²) in [6, 6.07) is 8.61. The number of hydrogen-bond donors (Lipinski definition) is 4. The van der Waals surface area contributed by atoms with Crippen molar-refractivity contribution in [3.63, 3.8) is 0 Å². The summed E-state index contributed by atoms with van der Waals surface area (Å²) in [7, 11) is 0. The number of aliphatic hydroxyl groups excluding tert-OH is 1. The highest BCUT2D eigenvalue weighted by Gasteiger charge is 2.23.